The standard InChI is InChI=1S/C16H26N2O2S/c1-20-10-9-18(12-13-6-5-11-21-13)16(19)14-7-3-2-4-8-15(14)17/h5-6,11,14-15H,2-4,7-10,12,17H2,1H3. The third-order valence-corrected chi connectivity index (χ3v) is 5.05. The van der Waals surface area contributed by atoms with E-state index >= 15 is 0 Å². The minimum Gasteiger partial charge on any atom is -0.383 e. The van der Waals surface area contributed by atoms with Gasteiger partial charge in [0.15, 0.2) is 0 Å². The molecule has 0 saturated heterocycles. The van der Waals surface area contributed by atoms with Crippen LogP contribution in [0.3, 0.4) is 0 Å². The maximum atomic E-state index is 12.9. The van der Waals surface area contributed by atoms with Gasteiger partial charge < -0.3 is 15.4 Å². The molecular weight excluding hydrogens is 284 g/mol. The van der Waals surface area contributed by atoms with E-state index in [1.54, 1.807) is 18.4 Å². The molecule has 1 aliphatic rings. The van der Waals surface area contributed by atoms with Crippen molar-refractivity contribution in [2.24, 2.45) is 11.7 Å². The maximum absolute atomic E-state index is 12.9. The molecule has 4 nitrogen and oxygen atoms in total. The second kappa shape index (κ2) is 8.51. The first-order chi connectivity index (χ1) is 10.2. The molecule has 2 N–H and O–H groups in total. The van der Waals surface area contributed by atoms with E-state index < -0.39 is 0 Å². The largest absolute Gasteiger partial charge is 0.383 e. The highest BCUT2D eigenvalue weighted by Gasteiger charge is 2.30. The van der Waals surface area contributed by atoms with Crippen molar-refractivity contribution < 1.29 is 9.53 Å². The summed E-state index contributed by atoms with van der Waals surface area (Å²) in [4.78, 5) is 16.0. The van der Waals surface area contributed by atoms with Gasteiger partial charge >= 0.3 is 0 Å². The van der Waals surface area contributed by atoms with Crippen LogP contribution in [0.15, 0.2) is 17.5 Å². The fourth-order valence-electron chi connectivity index (χ4n) is 2.94. The Morgan fingerprint density at radius 1 is 1.43 bits per heavy atom. The predicted octanol–water partition coefficient (Wildman–Crippen LogP) is 2.63. The van der Waals surface area contributed by atoms with Gasteiger partial charge in [0, 0.05) is 24.6 Å². The van der Waals surface area contributed by atoms with Crippen molar-refractivity contribution in [1.29, 1.82) is 0 Å². The highest BCUT2D eigenvalue weighted by Crippen LogP contribution is 2.25. The van der Waals surface area contributed by atoms with Gasteiger partial charge in [0.1, 0.15) is 0 Å². The van der Waals surface area contributed by atoms with Crippen LogP contribution in [0.25, 0.3) is 0 Å². The topological polar surface area (TPSA) is 55.6 Å². The maximum Gasteiger partial charge on any atom is 0.227 e. The molecule has 0 radical (unpaired) electrons. The van der Waals surface area contributed by atoms with Crippen LogP contribution in [-0.4, -0.2) is 37.1 Å². The molecule has 5 heteroatoms. The third-order valence-electron chi connectivity index (χ3n) is 4.19. The molecule has 1 aromatic heterocycles. The van der Waals surface area contributed by atoms with Crippen LogP contribution < -0.4 is 5.73 Å². The molecule has 1 amide bonds. The van der Waals surface area contributed by atoms with E-state index in [9.17, 15) is 4.79 Å². The zero-order valence-electron chi connectivity index (χ0n) is 12.8. The zero-order chi connectivity index (χ0) is 15.1. The molecule has 2 atom stereocenters. The van der Waals surface area contributed by atoms with Crippen LogP contribution in [0.4, 0.5) is 0 Å². The Labute approximate surface area is 131 Å². The van der Waals surface area contributed by atoms with Crippen LogP contribution in [0.5, 0.6) is 0 Å². The number of methoxy groups -OCH3 is 1. The van der Waals surface area contributed by atoms with Crippen molar-refractivity contribution in [2.75, 3.05) is 20.3 Å². The molecule has 0 bridgehead atoms. The van der Waals surface area contributed by atoms with Gasteiger partial charge in [-0.1, -0.05) is 25.3 Å². The summed E-state index contributed by atoms with van der Waals surface area (Å²) in [7, 11) is 1.67. The number of nitrogens with zero attached hydrogens (tertiary/aromatic N) is 1. The number of carbonyl (C=O) groups is 1. The van der Waals surface area contributed by atoms with Gasteiger partial charge in [-0.25, -0.2) is 0 Å². The molecular formula is C16H26N2O2S. The Morgan fingerprint density at radius 3 is 2.95 bits per heavy atom. The lowest BCUT2D eigenvalue weighted by molar-refractivity contribution is -0.137. The summed E-state index contributed by atoms with van der Waals surface area (Å²) in [6, 6.07) is 4.11. The summed E-state index contributed by atoms with van der Waals surface area (Å²) in [5.41, 5.74) is 6.24. The van der Waals surface area contributed by atoms with E-state index in [1.807, 2.05) is 16.3 Å². The van der Waals surface area contributed by atoms with Crippen molar-refractivity contribution >= 4 is 17.2 Å². The molecule has 2 unspecified atom stereocenters. The van der Waals surface area contributed by atoms with E-state index in [0.717, 1.165) is 25.7 Å². The van der Waals surface area contributed by atoms with Crippen molar-refractivity contribution in [3.05, 3.63) is 22.4 Å². The number of ether oxygens (including phenoxy) is 1. The van der Waals surface area contributed by atoms with E-state index in [-0.39, 0.29) is 17.9 Å². The lowest BCUT2D eigenvalue weighted by Gasteiger charge is -2.29. The molecule has 1 aliphatic carbocycles. The summed E-state index contributed by atoms with van der Waals surface area (Å²) in [5, 5.41) is 2.05. The van der Waals surface area contributed by atoms with Crippen LogP contribution in [0.1, 0.15) is 37.0 Å². The predicted molar refractivity (Wildman–Crippen MR) is 86.2 cm³/mol. The highest BCUT2D eigenvalue weighted by molar-refractivity contribution is 7.09. The zero-order valence-corrected chi connectivity index (χ0v) is 13.6. The number of rotatable bonds is 6. The fourth-order valence-corrected chi connectivity index (χ4v) is 3.66. The molecule has 0 spiro atoms. The number of hydrogen-bond donors (Lipinski definition) is 1. The third kappa shape index (κ3) is 4.80. The number of hydrogen-bond acceptors (Lipinski definition) is 4. The summed E-state index contributed by atoms with van der Waals surface area (Å²) in [5.74, 6) is 0.180. The average Bonchev–Trinajstić information content (AvgIpc) is 2.90. The molecule has 0 aromatic carbocycles. The molecule has 1 heterocycles. The van der Waals surface area contributed by atoms with Crippen molar-refractivity contribution in [3.63, 3.8) is 0 Å². The SMILES string of the molecule is COCCN(Cc1cccs1)C(=O)C1CCCCCC1N. The average molecular weight is 310 g/mol. The molecule has 118 valence electrons. The first kappa shape index (κ1) is 16.5. The number of amides is 1. The smallest absolute Gasteiger partial charge is 0.227 e. The minimum absolute atomic E-state index is 0.00776. The second-order valence-electron chi connectivity index (χ2n) is 5.74. The second-order valence-corrected chi connectivity index (χ2v) is 6.77. The minimum atomic E-state index is -0.0238. The molecule has 1 fully saturated rings. The van der Waals surface area contributed by atoms with E-state index in [4.69, 9.17) is 10.5 Å². The lowest BCUT2D eigenvalue weighted by atomic mass is 9.94. The van der Waals surface area contributed by atoms with Gasteiger partial charge in [0.2, 0.25) is 5.91 Å². The van der Waals surface area contributed by atoms with Gasteiger partial charge in [0.05, 0.1) is 19.1 Å². The Morgan fingerprint density at radius 2 is 2.24 bits per heavy atom. The molecule has 0 aliphatic heterocycles. The van der Waals surface area contributed by atoms with E-state index in [1.165, 1.54) is 11.3 Å². The Kier molecular flexibility index (Phi) is 6.67. The fraction of sp³-hybridized carbons (Fsp3) is 0.688. The van der Waals surface area contributed by atoms with Crippen LogP contribution in [0, 0.1) is 5.92 Å². The number of nitrogens with two attached hydrogens (primary N) is 1. The normalized spacial score (nSPS) is 22.8. The van der Waals surface area contributed by atoms with Gasteiger partial charge in [-0.2, -0.15) is 0 Å². The number of carbonyl (C=O) groups excluding carboxylic acids is 1. The summed E-state index contributed by atoms with van der Waals surface area (Å²) in [6.45, 7) is 1.87. The van der Waals surface area contributed by atoms with Gasteiger partial charge in [-0.15, -0.1) is 11.3 Å². The first-order valence-corrected chi connectivity index (χ1v) is 8.66. The number of thiophene rings is 1. The Hall–Kier alpha value is -0.910. The van der Waals surface area contributed by atoms with Crippen molar-refractivity contribution in [3.8, 4) is 0 Å². The van der Waals surface area contributed by atoms with E-state index in [2.05, 4.69) is 6.07 Å². The summed E-state index contributed by atoms with van der Waals surface area (Å²) in [6.07, 6.45) is 5.34. The van der Waals surface area contributed by atoms with E-state index in [0.29, 0.717) is 19.7 Å². The molecule has 1 aromatic rings. The first-order valence-electron chi connectivity index (χ1n) is 7.78. The highest BCUT2D eigenvalue weighted by atomic mass is 32.1. The van der Waals surface area contributed by atoms with Gasteiger partial charge in [-0.3, -0.25) is 4.79 Å². The molecule has 1 saturated carbocycles. The summed E-state index contributed by atoms with van der Waals surface area (Å²) >= 11 is 1.69. The van der Waals surface area contributed by atoms with Gasteiger partial charge in [0.25, 0.3) is 0 Å². The monoisotopic (exact) mass is 310 g/mol. The molecule has 2 rings (SSSR count). The lowest BCUT2D eigenvalue weighted by Crippen LogP contribution is -2.44. The Balaban J connectivity index is 2.04. The molecule has 21 heavy (non-hydrogen) atoms. The Bertz CT molecular complexity index is 422. The van der Waals surface area contributed by atoms with Crippen molar-refractivity contribution in [2.45, 2.75) is 44.7 Å². The van der Waals surface area contributed by atoms with Crippen molar-refractivity contribution in [1.82, 2.24) is 4.90 Å². The summed E-state index contributed by atoms with van der Waals surface area (Å²) < 4.78 is 5.16. The van der Waals surface area contributed by atoms with Crippen LogP contribution >= 0.6 is 11.3 Å². The van der Waals surface area contributed by atoms with Crippen LogP contribution in [-0.2, 0) is 16.1 Å². The van der Waals surface area contributed by atoms with Crippen LogP contribution in [0.2, 0.25) is 0 Å². The van der Waals surface area contributed by atoms with Gasteiger partial charge in [-0.05, 0) is 24.3 Å². The quantitative estimate of drug-likeness (QED) is 0.822.